The number of rotatable bonds is 7. The Labute approximate surface area is 135 Å². The van der Waals surface area contributed by atoms with Crippen molar-refractivity contribution in [2.45, 2.75) is 13.5 Å². The van der Waals surface area contributed by atoms with E-state index >= 15 is 0 Å². The van der Waals surface area contributed by atoms with Gasteiger partial charge in [0.15, 0.2) is 0 Å². The van der Waals surface area contributed by atoms with Crippen LogP contribution < -0.4 is 19.9 Å². The van der Waals surface area contributed by atoms with E-state index < -0.39 is 0 Å². The van der Waals surface area contributed by atoms with Crippen molar-refractivity contribution in [1.82, 2.24) is 0 Å². The van der Waals surface area contributed by atoms with E-state index in [-0.39, 0.29) is 0 Å². The van der Waals surface area contributed by atoms with E-state index in [4.69, 9.17) is 31.5 Å². The molecular formula is C17H20ClNO3. The Morgan fingerprint density at radius 3 is 2.41 bits per heavy atom. The number of hydrogen-bond acceptors (Lipinski definition) is 4. The van der Waals surface area contributed by atoms with Gasteiger partial charge in [0.25, 0.3) is 0 Å². The van der Waals surface area contributed by atoms with Crippen LogP contribution >= 0.6 is 11.6 Å². The van der Waals surface area contributed by atoms with E-state index in [2.05, 4.69) is 0 Å². The molecule has 0 unspecified atom stereocenters. The van der Waals surface area contributed by atoms with E-state index in [0.717, 1.165) is 33.4 Å². The van der Waals surface area contributed by atoms with Gasteiger partial charge < -0.3 is 19.9 Å². The minimum atomic E-state index is 0.413. The molecule has 2 N–H and O–H groups in total. The van der Waals surface area contributed by atoms with Crippen molar-refractivity contribution in [3.8, 4) is 17.2 Å². The maximum Gasteiger partial charge on any atom is 0.127 e. The molecule has 4 nitrogen and oxygen atoms in total. The summed E-state index contributed by atoms with van der Waals surface area (Å²) in [6, 6.07) is 11.2. The molecule has 0 saturated heterocycles. The monoisotopic (exact) mass is 321 g/mol. The molecule has 0 aromatic heterocycles. The van der Waals surface area contributed by atoms with Gasteiger partial charge in [0.1, 0.15) is 30.5 Å². The lowest BCUT2D eigenvalue weighted by Crippen LogP contribution is -2.11. The van der Waals surface area contributed by atoms with Crippen LogP contribution in [-0.4, -0.2) is 20.3 Å². The van der Waals surface area contributed by atoms with Gasteiger partial charge in [-0.05, 0) is 36.8 Å². The Balaban J connectivity index is 1.89. The average Bonchev–Trinajstić information content (AvgIpc) is 2.54. The van der Waals surface area contributed by atoms with Crippen LogP contribution in [0.3, 0.4) is 0 Å². The molecule has 5 heteroatoms. The predicted octanol–water partition coefficient (Wildman–Crippen LogP) is 3.57. The van der Waals surface area contributed by atoms with Crippen molar-refractivity contribution in [3.05, 3.63) is 52.5 Å². The van der Waals surface area contributed by atoms with E-state index in [1.807, 2.05) is 43.3 Å². The molecule has 0 saturated carbocycles. The van der Waals surface area contributed by atoms with Crippen LogP contribution in [-0.2, 0) is 6.54 Å². The van der Waals surface area contributed by atoms with Crippen LogP contribution in [0.5, 0.6) is 17.2 Å². The summed E-state index contributed by atoms with van der Waals surface area (Å²) in [6.45, 7) is 3.20. The average molecular weight is 322 g/mol. The van der Waals surface area contributed by atoms with Crippen LogP contribution in [0, 0.1) is 6.92 Å². The Hall–Kier alpha value is -1.91. The van der Waals surface area contributed by atoms with Crippen LogP contribution in [0.15, 0.2) is 36.4 Å². The fourth-order valence-corrected chi connectivity index (χ4v) is 2.10. The fraction of sp³-hybridized carbons (Fsp3) is 0.294. The zero-order chi connectivity index (χ0) is 15.9. The van der Waals surface area contributed by atoms with Gasteiger partial charge in [-0.3, -0.25) is 0 Å². The summed E-state index contributed by atoms with van der Waals surface area (Å²) in [5.74, 6) is 2.23. The molecule has 0 bridgehead atoms. The first kappa shape index (κ1) is 16.5. The Kier molecular flexibility index (Phi) is 5.92. The molecular weight excluding hydrogens is 302 g/mol. The Morgan fingerprint density at radius 1 is 1.00 bits per heavy atom. The molecule has 118 valence electrons. The quantitative estimate of drug-likeness (QED) is 0.792. The fourth-order valence-electron chi connectivity index (χ4n) is 1.98. The maximum absolute atomic E-state index is 5.98. The van der Waals surface area contributed by atoms with Crippen LogP contribution in [0.2, 0.25) is 5.02 Å². The van der Waals surface area contributed by atoms with Crippen LogP contribution in [0.4, 0.5) is 0 Å². The number of aryl methyl sites for hydroxylation is 1. The van der Waals surface area contributed by atoms with Crippen molar-refractivity contribution >= 4 is 11.6 Å². The van der Waals surface area contributed by atoms with Gasteiger partial charge in [0, 0.05) is 23.2 Å². The third-order valence-electron chi connectivity index (χ3n) is 3.23. The second-order valence-electron chi connectivity index (χ2n) is 4.79. The standard InChI is InChI=1S/C17H20ClNO3/c1-12-9-15(5-6-16(12)18)21-7-8-22-17-10-14(20-2)4-3-13(17)11-19/h3-6,9-10H,7-8,11,19H2,1-2H3. The summed E-state index contributed by atoms with van der Waals surface area (Å²) in [4.78, 5) is 0. The molecule has 0 amide bonds. The Bertz CT molecular complexity index is 631. The summed E-state index contributed by atoms with van der Waals surface area (Å²) in [5, 5.41) is 0.729. The van der Waals surface area contributed by atoms with Crippen molar-refractivity contribution in [2.75, 3.05) is 20.3 Å². The first-order valence-corrected chi connectivity index (χ1v) is 7.40. The minimum Gasteiger partial charge on any atom is -0.497 e. The molecule has 0 aliphatic heterocycles. The van der Waals surface area contributed by atoms with E-state index in [9.17, 15) is 0 Å². The molecule has 2 aromatic carbocycles. The highest BCUT2D eigenvalue weighted by Gasteiger charge is 2.05. The molecule has 22 heavy (non-hydrogen) atoms. The SMILES string of the molecule is COc1ccc(CN)c(OCCOc2ccc(Cl)c(C)c2)c1. The van der Waals surface area contributed by atoms with Gasteiger partial charge >= 0.3 is 0 Å². The second kappa shape index (κ2) is 7.92. The molecule has 0 fully saturated rings. The Morgan fingerprint density at radius 2 is 1.73 bits per heavy atom. The zero-order valence-corrected chi connectivity index (χ0v) is 13.5. The molecule has 2 rings (SSSR count). The summed E-state index contributed by atoms with van der Waals surface area (Å²) < 4.78 is 16.6. The predicted molar refractivity (Wildman–Crippen MR) is 88.1 cm³/mol. The van der Waals surface area contributed by atoms with Gasteiger partial charge in [-0.25, -0.2) is 0 Å². The van der Waals surface area contributed by atoms with Crippen molar-refractivity contribution in [1.29, 1.82) is 0 Å². The maximum atomic E-state index is 5.98. The van der Waals surface area contributed by atoms with Gasteiger partial charge in [-0.2, -0.15) is 0 Å². The molecule has 0 radical (unpaired) electrons. The first-order valence-electron chi connectivity index (χ1n) is 7.02. The highest BCUT2D eigenvalue weighted by atomic mass is 35.5. The summed E-state index contributed by atoms with van der Waals surface area (Å²) in [6.07, 6.45) is 0. The molecule has 0 atom stereocenters. The normalized spacial score (nSPS) is 10.4. The molecule has 0 heterocycles. The molecule has 2 aromatic rings. The smallest absolute Gasteiger partial charge is 0.127 e. The largest absolute Gasteiger partial charge is 0.497 e. The first-order chi connectivity index (χ1) is 10.6. The van der Waals surface area contributed by atoms with Crippen molar-refractivity contribution < 1.29 is 14.2 Å². The number of halogens is 1. The zero-order valence-electron chi connectivity index (χ0n) is 12.8. The molecule has 0 spiro atoms. The van der Waals surface area contributed by atoms with Gasteiger partial charge in [0.05, 0.1) is 7.11 Å². The lowest BCUT2D eigenvalue weighted by molar-refractivity contribution is 0.215. The van der Waals surface area contributed by atoms with Gasteiger partial charge in [-0.1, -0.05) is 17.7 Å². The summed E-state index contributed by atoms with van der Waals surface area (Å²) >= 11 is 5.98. The molecule has 0 aliphatic carbocycles. The van der Waals surface area contributed by atoms with Crippen LogP contribution in [0.25, 0.3) is 0 Å². The second-order valence-corrected chi connectivity index (χ2v) is 5.19. The van der Waals surface area contributed by atoms with Crippen LogP contribution in [0.1, 0.15) is 11.1 Å². The van der Waals surface area contributed by atoms with Gasteiger partial charge in [0.2, 0.25) is 0 Å². The van der Waals surface area contributed by atoms with Crippen molar-refractivity contribution in [3.63, 3.8) is 0 Å². The lowest BCUT2D eigenvalue weighted by Gasteiger charge is -2.13. The topological polar surface area (TPSA) is 53.7 Å². The number of ether oxygens (including phenoxy) is 3. The third kappa shape index (κ3) is 4.29. The number of nitrogens with two attached hydrogens (primary N) is 1. The number of methoxy groups -OCH3 is 1. The molecule has 0 aliphatic rings. The number of hydrogen-bond donors (Lipinski definition) is 1. The van der Waals surface area contributed by atoms with E-state index in [1.54, 1.807) is 7.11 Å². The summed E-state index contributed by atoms with van der Waals surface area (Å²) in [5.41, 5.74) is 7.62. The highest BCUT2D eigenvalue weighted by molar-refractivity contribution is 6.31. The number of benzene rings is 2. The van der Waals surface area contributed by atoms with Gasteiger partial charge in [-0.15, -0.1) is 0 Å². The minimum absolute atomic E-state index is 0.413. The van der Waals surface area contributed by atoms with Crippen molar-refractivity contribution in [2.24, 2.45) is 5.73 Å². The summed E-state index contributed by atoms with van der Waals surface area (Å²) in [7, 11) is 1.62. The highest BCUT2D eigenvalue weighted by Crippen LogP contribution is 2.25. The lowest BCUT2D eigenvalue weighted by atomic mass is 10.2. The van der Waals surface area contributed by atoms with E-state index in [1.165, 1.54) is 0 Å². The van der Waals surface area contributed by atoms with E-state index in [0.29, 0.717) is 19.8 Å². The third-order valence-corrected chi connectivity index (χ3v) is 3.66.